The Labute approximate surface area is 140 Å². The van der Waals surface area contributed by atoms with Crippen LogP contribution in [0.15, 0.2) is 47.6 Å². The van der Waals surface area contributed by atoms with Crippen molar-refractivity contribution in [2.45, 2.75) is 13.8 Å². The number of hydrogen-bond donors (Lipinski definition) is 2. The van der Waals surface area contributed by atoms with Crippen LogP contribution < -0.4 is 14.9 Å². The van der Waals surface area contributed by atoms with Crippen molar-refractivity contribution >= 4 is 17.9 Å². The van der Waals surface area contributed by atoms with E-state index in [0.29, 0.717) is 30.4 Å². The van der Waals surface area contributed by atoms with Gasteiger partial charge in [0.05, 0.1) is 30.7 Å². The van der Waals surface area contributed by atoms with E-state index in [1.165, 1.54) is 12.1 Å². The van der Waals surface area contributed by atoms with Crippen LogP contribution in [0.5, 0.6) is 11.5 Å². The largest absolute Gasteiger partial charge is 0.490 e. The summed E-state index contributed by atoms with van der Waals surface area (Å²) in [5.41, 5.74) is 4.65. The lowest BCUT2D eigenvalue weighted by Crippen LogP contribution is -1.99. The molecular formula is C18H20N2O4. The fourth-order valence-corrected chi connectivity index (χ4v) is 2.02. The lowest BCUT2D eigenvalue weighted by Gasteiger charge is -2.11. The number of carbonyl (C=O) groups is 1. The Hall–Kier alpha value is -3.02. The molecule has 24 heavy (non-hydrogen) atoms. The molecule has 0 heterocycles. The summed E-state index contributed by atoms with van der Waals surface area (Å²) in [4.78, 5) is 10.8. The molecule has 0 saturated carbocycles. The summed E-state index contributed by atoms with van der Waals surface area (Å²) in [6, 6.07) is 11.9. The maximum atomic E-state index is 10.8. The number of hydrazone groups is 1. The average molecular weight is 328 g/mol. The smallest absolute Gasteiger partial charge is 0.335 e. The van der Waals surface area contributed by atoms with Gasteiger partial charge in [-0.15, -0.1) is 0 Å². The third kappa shape index (κ3) is 4.74. The van der Waals surface area contributed by atoms with Gasteiger partial charge >= 0.3 is 5.97 Å². The number of hydrogen-bond acceptors (Lipinski definition) is 5. The summed E-state index contributed by atoms with van der Waals surface area (Å²) >= 11 is 0. The number of benzene rings is 2. The van der Waals surface area contributed by atoms with E-state index in [-0.39, 0.29) is 5.56 Å². The number of rotatable bonds is 8. The maximum absolute atomic E-state index is 10.8. The quantitative estimate of drug-likeness (QED) is 0.571. The second-order valence-electron chi connectivity index (χ2n) is 4.82. The Morgan fingerprint density at radius 2 is 1.75 bits per heavy atom. The number of nitrogens with one attached hydrogen (secondary N) is 1. The van der Waals surface area contributed by atoms with Gasteiger partial charge in [0.2, 0.25) is 0 Å². The van der Waals surface area contributed by atoms with Gasteiger partial charge in [0.15, 0.2) is 11.5 Å². The molecule has 0 unspecified atom stereocenters. The fourth-order valence-electron chi connectivity index (χ4n) is 2.02. The van der Waals surface area contributed by atoms with Gasteiger partial charge in [-0.2, -0.15) is 5.10 Å². The molecule has 2 N–H and O–H groups in total. The second kappa shape index (κ2) is 8.57. The Balaban J connectivity index is 2.05. The number of carboxylic acid groups (broad SMARTS) is 1. The summed E-state index contributed by atoms with van der Waals surface area (Å²) in [6.07, 6.45) is 1.66. The fraction of sp³-hybridized carbons (Fsp3) is 0.222. The molecule has 0 aliphatic heterocycles. The number of ether oxygens (including phenoxy) is 2. The summed E-state index contributed by atoms with van der Waals surface area (Å²) in [5.74, 6) is 0.422. The van der Waals surface area contributed by atoms with E-state index in [2.05, 4.69) is 10.5 Å². The number of nitrogens with zero attached hydrogens (tertiary/aromatic N) is 1. The van der Waals surface area contributed by atoms with Crippen molar-refractivity contribution in [2.75, 3.05) is 18.6 Å². The summed E-state index contributed by atoms with van der Waals surface area (Å²) in [7, 11) is 0. The highest BCUT2D eigenvalue weighted by atomic mass is 16.5. The zero-order valence-electron chi connectivity index (χ0n) is 13.7. The molecule has 0 atom stereocenters. The van der Waals surface area contributed by atoms with Gasteiger partial charge in [-0.05, 0) is 61.9 Å². The first-order valence-electron chi connectivity index (χ1n) is 7.66. The number of anilines is 1. The Bertz CT molecular complexity index is 711. The molecule has 0 aromatic heterocycles. The monoisotopic (exact) mass is 328 g/mol. The van der Waals surface area contributed by atoms with Gasteiger partial charge in [-0.1, -0.05) is 0 Å². The molecule has 6 nitrogen and oxygen atoms in total. The molecule has 0 aliphatic rings. The van der Waals surface area contributed by atoms with E-state index < -0.39 is 5.97 Å². The average Bonchev–Trinajstić information content (AvgIpc) is 2.58. The van der Waals surface area contributed by atoms with Crippen molar-refractivity contribution < 1.29 is 19.4 Å². The molecule has 0 spiro atoms. The third-order valence-electron chi connectivity index (χ3n) is 3.11. The van der Waals surface area contributed by atoms with Crippen LogP contribution in [0.2, 0.25) is 0 Å². The zero-order chi connectivity index (χ0) is 17.4. The molecule has 2 aromatic rings. The Morgan fingerprint density at radius 3 is 2.38 bits per heavy atom. The molecule has 2 rings (SSSR count). The van der Waals surface area contributed by atoms with Crippen molar-refractivity contribution in [2.24, 2.45) is 5.10 Å². The summed E-state index contributed by atoms with van der Waals surface area (Å²) in [5, 5.41) is 13.0. The van der Waals surface area contributed by atoms with Crippen LogP contribution in [0.1, 0.15) is 29.8 Å². The van der Waals surface area contributed by atoms with Crippen LogP contribution >= 0.6 is 0 Å². The molecule has 0 radical (unpaired) electrons. The minimum atomic E-state index is -0.956. The van der Waals surface area contributed by atoms with E-state index >= 15 is 0 Å². The highest BCUT2D eigenvalue weighted by Gasteiger charge is 2.05. The topological polar surface area (TPSA) is 80.2 Å². The Morgan fingerprint density at radius 1 is 1.08 bits per heavy atom. The van der Waals surface area contributed by atoms with Crippen molar-refractivity contribution in [1.29, 1.82) is 0 Å². The van der Waals surface area contributed by atoms with Crippen LogP contribution in [-0.2, 0) is 0 Å². The second-order valence-corrected chi connectivity index (χ2v) is 4.82. The highest BCUT2D eigenvalue weighted by molar-refractivity contribution is 5.88. The lowest BCUT2D eigenvalue weighted by atomic mass is 10.2. The molecule has 0 fully saturated rings. The van der Waals surface area contributed by atoms with Gasteiger partial charge in [0, 0.05) is 0 Å². The van der Waals surface area contributed by atoms with E-state index in [4.69, 9.17) is 14.6 Å². The lowest BCUT2D eigenvalue weighted by molar-refractivity contribution is 0.0697. The predicted molar refractivity (Wildman–Crippen MR) is 93.4 cm³/mol. The molecular weight excluding hydrogens is 308 g/mol. The van der Waals surface area contributed by atoms with Crippen molar-refractivity contribution in [3.63, 3.8) is 0 Å². The first-order valence-corrected chi connectivity index (χ1v) is 7.66. The first-order chi connectivity index (χ1) is 11.6. The summed E-state index contributed by atoms with van der Waals surface area (Å²) in [6.45, 7) is 4.96. The number of carboxylic acids is 1. The van der Waals surface area contributed by atoms with E-state index in [1.807, 2.05) is 32.0 Å². The van der Waals surface area contributed by atoms with E-state index in [9.17, 15) is 4.79 Å². The first kappa shape index (κ1) is 17.3. The third-order valence-corrected chi connectivity index (χ3v) is 3.11. The molecule has 0 aliphatic carbocycles. The molecule has 126 valence electrons. The van der Waals surface area contributed by atoms with Crippen molar-refractivity contribution in [3.8, 4) is 11.5 Å². The van der Waals surface area contributed by atoms with Crippen LogP contribution in [0.4, 0.5) is 5.69 Å². The van der Waals surface area contributed by atoms with E-state index in [1.54, 1.807) is 18.3 Å². The van der Waals surface area contributed by atoms with E-state index in [0.717, 1.165) is 5.56 Å². The molecule has 2 aromatic carbocycles. The minimum absolute atomic E-state index is 0.234. The molecule has 0 saturated heterocycles. The van der Waals surface area contributed by atoms with Crippen LogP contribution in [-0.4, -0.2) is 30.5 Å². The van der Waals surface area contributed by atoms with Gasteiger partial charge in [0.1, 0.15) is 0 Å². The van der Waals surface area contributed by atoms with Crippen LogP contribution in [0, 0.1) is 0 Å². The predicted octanol–water partition coefficient (Wildman–Crippen LogP) is 3.63. The van der Waals surface area contributed by atoms with Gasteiger partial charge in [0.25, 0.3) is 0 Å². The Kier molecular flexibility index (Phi) is 6.19. The van der Waals surface area contributed by atoms with Crippen molar-refractivity contribution in [1.82, 2.24) is 0 Å². The SMILES string of the molecule is CCOc1ccc(/C=N/Nc2ccc(C(=O)O)cc2)cc1OCC. The standard InChI is InChI=1S/C18H20N2O4/c1-3-23-16-10-5-13(11-17(16)24-4-2)12-19-20-15-8-6-14(7-9-15)18(21)22/h5-12,20H,3-4H2,1-2H3,(H,21,22)/b19-12+. The normalized spacial score (nSPS) is 10.6. The minimum Gasteiger partial charge on any atom is -0.490 e. The zero-order valence-corrected chi connectivity index (χ0v) is 13.7. The van der Waals surface area contributed by atoms with Crippen molar-refractivity contribution in [3.05, 3.63) is 53.6 Å². The van der Waals surface area contributed by atoms with Crippen LogP contribution in [0.25, 0.3) is 0 Å². The van der Waals surface area contributed by atoms with Gasteiger partial charge in [-0.3, -0.25) is 5.43 Å². The molecule has 6 heteroatoms. The van der Waals surface area contributed by atoms with Crippen LogP contribution in [0.3, 0.4) is 0 Å². The molecule has 0 bridgehead atoms. The van der Waals surface area contributed by atoms with Gasteiger partial charge in [-0.25, -0.2) is 4.79 Å². The maximum Gasteiger partial charge on any atom is 0.335 e. The molecule has 0 amide bonds. The summed E-state index contributed by atoms with van der Waals surface area (Å²) < 4.78 is 11.1. The van der Waals surface area contributed by atoms with Gasteiger partial charge < -0.3 is 14.6 Å². The highest BCUT2D eigenvalue weighted by Crippen LogP contribution is 2.28. The number of aromatic carboxylic acids is 1.